The molecule has 3 fully saturated rings. The van der Waals surface area contributed by atoms with Crippen molar-refractivity contribution in [2.45, 2.75) is 88.8 Å². The molecule has 9 nitrogen and oxygen atoms in total. The maximum atomic E-state index is 6.62. The summed E-state index contributed by atoms with van der Waals surface area (Å²) in [5, 5.41) is 0.475. The number of aromatic nitrogens is 3. The molecular weight excluding hydrogens is 476 g/mol. The summed E-state index contributed by atoms with van der Waals surface area (Å²) < 4.78 is 33.3. The van der Waals surface area contributed by atoms with Crippen molar-refractivity contribution < 1.29 is 23.4 Å². The number of fused-ring (bicyclic) bond motifs is 2. The molecule has 0 radical (unpaired) electrons. The number of imidazole rings is 1. The molecule has 34 heavy (non-hydrogen) atoms. The molecule has 5 heterocycles. The van der Waals surface area contributed by atoms with E-state index in [1.165, 1.54) is 0 Å². The molecule has 2 N–H and O–H groups in total. The molecular formula is C23H35ClN4O5Si. The first kappa shape index (κ1) is 24.3. The fourth-order valence-electron chi connectivity index (χ4n) is 4.58. The van der Waals surface area contributed by atoms with Crippen LogP contribution in [0.25, 0.3) is 11.2 Å². The Bertz CT molecular complexity index is 1050. The standard InChI is InChI=1S/C23H35ClN4O5Si/c1-23(2,3)34(4,5)33-16-12-31-18-15(11-30-19(16)18)32-22-26-14-10-13(24)20(25)27-21(14)28(22)17-8-6-7-9-29-17/h10,15-19H,6-9,11-12H2,1-5H3,(H2,25,27)/t15-,16?,17?,18-,19-/m1/s1. The van der Waals surface area contributed by atoms with Crippen molar-refractivity contribution in [3.05, 3.63) is 11.1 Å². The highest BCUT2D eigenvalue weighted by atomic mass is 35.5. The van der Waals surface area contributed by atoms with E-state index in [-0.39, 0.29) is 41.5 Å². The van der Waals surface area contributed by atoms with Crippen molar-refractivity contribution in [1.29, 1.82) is 0 Å². The Morgan fingerprint density at radius 3 is 2.47 bits per heavy atom. The molecule has 5 atom stereocenters. The fourth-order valence-corrected chi connectivity index (χ4v) is 6.04. The number of hydrogen-bond donors (Lipinski definition) is 1. The third-order valence-corrected chi connectivity index (χ3v) is 12.3. The Labute approximate surface area is 206 Å². The van der Waals surface area contributed by atoms with E-state index in [9.17, 15) is 0 Å². The lowest BCUT2D eigenvalue weighted by Crippen LogP contribution is -2.47. The van der Waals surface area contributed by atoms with Gasteiger partial charge in [-0.15, -0.1) is 0 Å². The minimum atomic E-state index is -1.96. The fraction of sp³-hybridized carbons (Fsp3) is 0.739. The zero-order valence-electron chi connectivity index (χ0n) is 20.5. The quantitative estimate of drug-likeness (QED) is 0.594. The summed E-state index contributed by atoms with van der Waals surface area (Å²) in [6, 6.07) is 2.14. The van der Waals surface area contributed by atoms with Gasteiger partial charge in [-0.1, -0.05) is 32.4 Å². The van der Waals surface area contributed by atoms with Crippen LogP contribution in [0.4, 0.5) is 5.82 Å². The van der Waals surface area contributed by atoms with Crippen LogP contribution in [0.1, 0.15) is 46.3 Å². The van der Waals surface area contributed by atoms with E-state index in [1.54, 1.807) is 6.07 Å². The first-order chi connectivity index (χ1) is 16.0. The Hall–Kier alpha value is -1.43. The van der Waals surface area contributed by atoms with Crippen LogP contribution in [0.3, 0.4) is 0 Å². The van der Waals surface area contributed by atoms with Crippen LogP contribution in [-0.2, 0) is 18.6 Å². The SMILES string of the molecule is CC(C)(C)[Si](C)(C)OC1CO[C@H]2[C@@H]1OC[C@H]2Oc1nc2cc(Cl)c(N)nc2n1C1CCCCO1. The van der Waals surface area contributed by atoms with Gasteiger partial charge in [0.15, 0.2) is 20.1 Å². The van der Waals surface area contributed by atoms with Crippen LogP contribution < -0.4 is 10.5 Å². The summed E-state index contributed by atoms with van der Waals surface area (Å²) in [6.07, 6.45) is 1.91. The number of nitrogens with two attached hydrogens (primary N) is 1. The van der Waals surface area contributed by atoms with Gasteiger partial charge in [0.1, 0.15) is 29.8 Å². The Kier molecular flexibility index (Phi) is 6.35. The second-order valence-corrected chi connectivity index (χ2v) is 16.1. The lowest BCUT2D eigenvalue weighted by molar-refractivity contribution is -0.0406. The van der Waals surface area contributed by atoms with Gasteiger partial charge in [-0.25, -0.2) is 4.98 Å². The number of nitrogen functional groups attached to an aromatic ring is 1. The zero-order chi connectivity index (χ0) is 24.3. The maximum absolute atomic E-state index is 6.62. The molecule has 0 spiro atoms. The third kappa shape index (κ3) is 4.33. The molecule has 188 valence electrons. The molecule has 2 unspecified atom stereocenters. The highest BCUT2D eigenvalue weighted by molar-refractivity contribution is 6.74. The first-order valence-corrected chi connectivity index (χ1v) is 15.4. The van der Waals surface area contributed by atoms with Crippen LogP contribution in [0.5, 0.6) is 6.01 Å². The van der Waals surface area contributed by atoms with Crippen LogP contribution in [0.15, 0.2) is 6.07 Å². The van der Waals surface area contributed by atoms with Crippen LogP contribution in [0.2, 0.25) is 23.2 Å². The second-order valence-electron chi connectivity index (χ2n) is 11.0. The number of nitrogens with zero attached hydrogens (tertiary/aromatic N) is 3. The van der Waals surface area contributed by atoms with Crippen molar-refractivity contribution in [2.24, 2.45) is 0 Å². The van der Waals surface area contributed by atoms with Crippen molar-refractivity contribution in [3.63, 3.8) is 0 Å². The molecule has 2 aromatic rings. The minimum Gasteiger partial charge on any atom is -0.456 e. The van der Waals surface area contributed by atoms with Gasteiger partial charge < -0.3 is 29.1 Å². The summed E-state index contributed by atoms with van der Waals surface area (Å²) in [4.78, 5) is 9.20. The number of anilines is 1. The van der Waals surface area contributed by atoms with Crippen LogP contribution in [-0.4, -0.2) is 67.1 Å². The van der Waals surface area contributed by atoms with E-state index in [1.807, 2.05) is 4.57 Å². The lowest BCUT2D eigenvalue weighted by atomic mass is 10.1. The highest BCUT2D eigenvalue weighted by Gasteiger charge is 2.52. The van der Waals surface area contributed by atoms with Gasteiger partial charge in [0.2, 0.25) is 0 Å². The molecule has 5 rings (SSSR count). The van der Waals surface area contributed by atoms with E-state index in [4.69, 9.17) is 45.7 Å². The van der Waals surface area contributed by atoms with E-state index < -0.39 is 8.32 Å². The maximum Gasteiger partial charge on any atom is 0.301 e. The van der Waals surface area contributed by atoms with Crippen molar-refractivity contribution in [2.75, 3.05) is 25.6 Å². The van der Waals surface area contributed by atoms with Gasteiger partial charge in [0.25, 0.3) is 0 Å². The van der Waals surface area contributed by atoms with E-state index in [2.05, 4.69) is 38.8 Å². The van der Waals surface area contributed by atoms with Crippen molar-refractivity contribution in [1.82, 2.24) is 14.5 Å². The van der Waals surface area contributed by atoms with Gasteiger partial charge in [0, 0.05) is 6.61 Å². The Balaban J connectivity index is 1.39. The molecule has 0 saturated carbocycles. The minimum absolute atomic E-state index is 0.0970. The predicted octanol–water partition coefficient (Wildman–Crippen LogP) is 4.30. The number of pyridine rings is 1. The monoisotopic (exact) mass is 510 g/mol. The summed E-state index contributed by atoms with van der Waals surface area (Å²) in [6.45, 7) is 12.8. The van der Waals surface area contributed by atoms with Crippen LogP contribution in [0, 0.1) is 0 Å². The van der Waals surface area contributed by atoms with Crippen molar-refractivity contribution in [3.8, 4) is 6.01 Å². The molecule has 3 saturated heterocycles. The molecule has 3 aliphatic heterocycles. The molecule has 0 aliphatic carbocycles. The van der Waals surface area contributed by atoms with E-state index >= 15 is 0 Å². The van der Waals surface area contributed by atoms with Gasteiger partial charge >= 0.3 is 6.01 Å². The zero-order valence-corrected chi connectivity index (χ0v) is 22.3. The van der Waals surface area contributed by atoms with E-state index in [0.717, 1.165) is 19.3 Å². The summed E-state index contributed by atoms with van der Waals surface area (Å²) in [5.41, 5.74) is 7.23. The highest BCUT2D eigenvalue weighted by Crippen LogP contribution is 2.41. The van der Waals surface area contributed by atoms with Crippen LogP contribution >= 0.6 is 11.6 Å². The van der Waals surface area contributed by atoms with E-state index in [0.29, 0.717) is 42.0 Å². The molecule has 11 heteroatoms. The topological polar surface area (TPSA) is 103 Å². The number of hydrogen-bond acceptors (Lipinski definition) is 8. The van der Waals surface area contributed by atoms with Gasteiger partial charge in [-0.3, -0.25) is 4.57 Å². The summed E-state index contributed by atoms with van der Waals surface area (Å²) in [7, 11) is -1.96. The summed E-state index contributed by atoms with van der Waals surface area (Å²) >= 11 is 6.22. The second kappa shape index (κ2) is 8.90. The average Bonchev–Trinajstić information content (AvgIpc) is 3.44. The normalized spacial score (nSPS) is 30.1. The number of rotatable bonds is 5. The lowest BCUT2D eigenvalue weighted by Gasteiger charge is -2.39. The molecule has 2 aromatic heterocycles. The van der Waals surface area contributed by atoms with Gasteiger partial charge in [0.05, 0.1) is 24.3 Å². The Morgan fingerprint density at radius 1 is 1.09 bits per heavy atom. The summed E-state index contributed by atoms with van der Waals surface area (Å²) in [5.74, 6) is 0.256. The largest absolute Gasteiger partial charge is 0.456 e. The third-order valence-electron chi connectivity index (χ3n) is 7.53. The molecule has 0 aromatic carbocycles. The first-order valence-electron chi connectivity index (χ1n) is 12.1. The average molecular weight is 511 g/mol. The van der Waals surface area contributed by atoms with Gasteiger partial charge in [-0.2, -0.15) is 4.98 Å². The van der Waals surface area contributed by atoms with Gasteiger partial charge in [-0.05, 0) is 43.5 Å². The molecule has 0 amide bonds. The molecule has 3 aliphatic rings. The van der Waals surface area contributed by atoms with Crippen molar-refractivity contribution >= 4 is 36.9 Å². The number of halogens is 1. The smallest absolute Gasteiger partial charge is 0.301 e. The predicted molar refractivity (Wildman–Crippen MR) is 132 cm³/mol. The number of ether oxygens (including phenoxy) is 4. The Morgan fingerprint density at radius 2 is 1.79 bits per heavy atom. The molecule has 0 bridgehead atoms.